The molecule has 1 heterocycles. The maximum absolute atomic E-state index is 12.1. The monoisotopic (exact) mass is 304 g/mol. The number of rotatable bonds is 8. The maximum Gasteiger partial charge on any atom is 0.317 e. The Morgan fingerprint density at radius 3 is 2.52 bits per heavy atom. The number of carbonyl (C=O) groups is 2. The van der Waals surface area contributed by atoms with Gasteiger partial charge in [-0.1, -0.05) is 0 Å². The van der Waals surface area contributed by atoms with Crippen LogP contribution in [0.2, 0.25) is 0 Å². The molecule has 21 heavy (non-hydrogen) atoms. The Morgan fingerprint density at radius 1 is 1.33 bits per heavy atom. The Kier molecular flexibility index (Phi) is 7.41. The number of methoxy groups -OCH3 is 1. The molecule has 0 radical (unpaired) electrons. The molecule has 0 unspecified atom stereocenters. The van der Waals surface area contributed by atoms with Gasteiger partial charge >= 0.3 is 12.0 Å². The number of aliphatic hydroxyl groups excluding tert-OH is 1. The highest BCUT2D eigenvalue weighted by Crippen LogP contribution is 2.30. The lowest BCUT2D eigenvalue weighted by molar-refractivity contribution is -0.154. The topological polar surface area (TPSA) is 108 Å². The Bertz CT molecular complexity index is 344. The molecule has 0 aliphatic carbocycles. The Labute approximate surface area is 124 Å². The number of aliphatic hydroxyl groups is 1. The Balaban J connectivity index is 2.56. The molecular formula is C13H24N2O6. The van der Waals surface area contributed by atoms with Crippen LogP contribution in [0.4, 0.5) is 4.79 Å². The van der Waals surface area contributed by atoms with Crippen molar-refractivity contribution in [3.8, 4) is 0 Å². The maximum atomic E-state index is 12.1. The second kappa shape index (κ2) is 8.81. The molecule has 3 N–H and O–H groups in total. The number of carboxylic acids is 1. The van der Waals surface area contributed by atoms with E-state index in [-0.39, 0.29) is 19.7 Å². The fraction of sp³-hybridized carbons (Fsp3) is 0.846. The molecule has 0 aromatic rings. The zero-order valence-corrected chi connectivity index (χ0v) is 12.3. The van der Waals surface area contributed by atoms with Crippen molar-refractivity contribution in [2.45, 2.75) is 12.8 Å². The molecule has 122 valence electrons. The quantitative estimate of drug-likeness (QED) is 0.559. The third-order valence-electron chi connectivity index (χ3n) is 3.70. The molecule has 8 nitrogen and oxygen atoms in total. The standard InChI is InChI=1S/C13H24N2O6/c1-20-9-5-15(4-6-16)12(19)14-10-13(11(17)18)2-7-21-8-3-13/h16H,2-10H2,1H3,(H,14,19)(H,17,18). The Morgan fingerprint density at radius 2 is 2.00 bits per heavy atom. The van der Waals surface area contributed by atoms with E-state index in [0.29, 0.717) is 39.2 Å². The van der Waals surface area contributed by atoms with Crippen LogP contribution >= 0.6 is 0 Å². The molecule has 2 amide bonds. The highest BCUT2D eigenvalue weighted by molar-refractivity contribution is 5.78. The van der Waals surface area contributed by atoms with E-state index in [1.165, 1.54) is 12.0 Å². The van der Waals surface area contributed by atoms with E-state index in [0.717, 1.165) is 0 Å². The lowest BCUT2D eigenvalue weighted by atomic mass is 9.80. The first-order chi connectivity index (χ1) is 10.1. The van der Waals surface area contributed by atoms with Gasteiger partial charge in [0.05, 0.1) is 18.6 Å². The van der Waals surface area contributed by atoms with E-state index in [1.807, 2.05) is 0 Å². The number of nitrogens with one attached hydrogen (secondary N) is 1. The highest BCUT2D eigenvalue weighted by atomic mass is 16.5. The van der Waals surface area contributed by atoms with Gasteiger partial charge < -0.3 is 29.9 Å². The fourth-order valence-electron chi connectivity index (χ4n) is 2.22. The predicted octanol–water partition coefficient (Wildman–Crippen LogP) is -0.482. The lowest BCUT2D eigenvalue weighted by Gasteiger charge is -2.34. The molecule has 0 atom stereocenters. The van der Waals surface area contributed by atoms with E-state index >= 15 is 0 Å². The molecule has 1 rings (SSSR count). The summed E-state index contributed by atoms with van der Waals surface area (Å²) < 4.78 is 10.1. The summed E-state index contributed by atoms with van der Waals surface area (Å²) in [6, 6.07) is -0.395. The van der Waals surface area contributed by atoms with Crippen LogP contribution in [-0.2, 0) is 14.3 Å². The van der Waals surface area contributed by atoms with E-state index < -0.39 is 17.4 Å². The second-order valence-corrected chi connectivity index (χ2v) is 5.06. The van der Waals surface area contributed by atoms with E-state index in [1.54, 1.807) is 0 Å². The molecule has 0 aromatic heterocycles. The first-order valence-electron chi connectivity index (χ1n) is 6.99. The number of hydrogen-bond acceptors (Lipinski definition) is 5. The summed E-state index contributed by atoms with van der Waals surface area (Å²) in [4.78, 5) is 24.9. The van der Waals surface area contributed by atoms with Crippen LogP contribution in [-0.4, -0.2) is 80.3 Å². The van der Waals surface area contributed by atoms with Crippen LogP contribution < -0.4 is 5.32 Å². The zero-order valence-electron chi connectivity index (χ0n) is 12.3. The molecular weight excluding hydrogens is 280 g/mol. The summed E-state index contributed by atoms with van der Waals surface area (Å²) in [6.07, 6.45) is 0.751. The van der Waals surface area contributed by atoms with E-state index in [2.05, 4.69) is 5.32 Å². The molecule has 0 bridgehead atoms. The SMILES string of the molecule is COCCN(CCO)C(=O)NCC1(C(=O)O)CCOCC1. The van der Waals surface area contributed by atoms with E-state index in [9.17, 15) is 14.7 Å². The fourth-order valence-corrected chi connectivity index (χ4v) is 2.22. The van der Waals surface area contributed by atoms with Crippen molar-refractivity contribution in [1.82, 2.24) is 10.2 Å². The summed E-state index contributed by atoms with van der Waals surface area (Å²) in [5, 5.41) is 21.0. The number of carbonyl (C=O) groups excluding carboxylic acids is 1. The molecule has 1 saturated heterocycles. The van der Waals surface area contributed by atoms with Crippen molar-refractivity contribution in [3.63, 3.8) is 0 Å². The largest absolute Gasteiger partial charge is 0.481 e. The van der Waals surface area contributed by atoms with Gasteiger partial charge in [-0.05, 0) is 12.8 Å². The van der Waals surface area contributed by atoms with Gasteiger partial charge in [-0.15, -0.1) is 0 Å². The lowest BCUT2D eigenvalue weighted by Crippen LogP contribution is -2.50. The van der Waals surface area contributed by atoms with E-state index in [4.69, 9.17) is 14.6 Å². The number of amides is 2. The van der Waals surface area contributed by atoms with Crippen LogP contribution in [0.15, 0.2) is 0 Å². The van der Waals surface area contributed by atoms with Gasteiger partial charge in [-0.25, -0.2) is 4.79 Å². The molecule has 0 saturated carbocycles. The van der Waals surface area contributed by atoms with Crippen molar-refractivity contribution in [2.24, 2.45) is 5.41 Å². The molecule has 1 aliphatic heterocycles. The molecule has 1 aliphatic rings. The first kappa shape index (κ1) is 17.7. The van der Waals surface area contributed by atoms with Gasteiger partial charge in [0.15, 0.2) is 0 Å². The highest BCUT2D eigenvalue weighted by Gasteiger charge is 2.40. The summed E-state index contributed by atoms with van der Waals surface area (Å²) in [5.41, 5.74) is -0.972. The number of urea groups is 1. The van der Waals surface area contributed by atoms with Gasteiger partial charge in [0.2, 0.25) is 0 Å². The van der Waals surface area contributed by atoms with Crippen molar-refractivity contribution >= 4 is 12.0 Å². The molecule has 8 heteroatoms. The van der Waals surface area contributed by atoms with Crippen molar-refractivity contribution in [3.05, 3.63) is 0 Å². The minimum atomic E-state index is -0.972. The average Bonchev–Trinajstić information content (AvgIpc) is 2.49. The second-order valence-electron chi connectivity index (χ2n) is 5.06. The number of aliphatic carboxylic acids is 1. The van der Waals surface area contributed by atoms with Gasteiger partial charge in [0.25, 0.3) is 0 Å². The summed E-state index contributed by atoms with van der Waals surface area (Å²) in [5.74, 6) is -0.920. The van der Waals surface area contributed by atoms with Crippen molar-refractivity contribution in [2.75, 3.05) is 53.2 Å². The third-order valence-corrected chi connectivity index (χ3v) is 3.70. The smallest absolute Gasteiger partial charge is 0.317 e. The van der Waals surface area contributed by atoms with Gasteiger partial charge in [0, 0.05) is 40.0 Å². The number of ether oxygens (including phenoxy) is 2. The van der Waals surface area contributed by atoms with Crippen molar-refractivity contribution in [1.29, 1.82) is 0 Å². The van der Waals surface area contributed by atoms with Gasteiger partial charge in [0.1, 0.15) is 0 Å². The summed E-state index contributed by atoms with van der Waals surface area (Å²) in [6.45, 7) is 1.53. The third kappa shape index (κ3) is 5.14. The predicted molar refractivity (Wildman–Crippen MR) is 74.1 cm³/mol. The number of carboxylic acid groups (broad SMARTS) is 1. The summed E-state index contributed by atoms with van der Waals surface area (Å²) in [7, 11) is 1.52. The minimum Gasteiger partial charge on any atom is -0.481 e. The summed E-state index contributed by atoms with van der Waals surface area (Å²) >= 11 is 0. The van der Waals surface area contributed by atoms with Crippen LogP contribution in [0.5, 0.6) is 0 Å². The number of nitrogens with zero attached hydrogens (tertiary/aromatic N) is 1. The molecule has 1 fully saturated rings. The number of hydrogen-bond donors (Lipinski definition) is 3. The van der Waals surface area contributed by atoms with Crippen LogP contribution in [0.25, 0.3) is 0 Å². The van der Waals surface area contributed by atoms with Gasteiger partial charge in [-0.2, -0.15) is 0 Å². The van der Waals surface area contributed by atoms with Crippen LogP contribution in [0, 0.1) is 5.41 Å². The van der Waals surface area contributed by atoms with Gasteiger partial charge in [-0.3, -0.25) is 4.79 Å². The van der Waals surface area contributed by atoms with Crippen LogP contribution in [0.3, 0.4) is 0 Å². The first-order valence-corrected chi connectivity index (χ1v) is 6.99. The van der Waals surface area contributed by atoms with Crippen molar-refractivity contribution < 1.29 is 29.3 Å². The Hall–Kier alpha value is -1.38. The zero-order chi connectivity index (χ0) is 15.7. The minimum absolute atomic E-state index is 0.0550. The molecule has 0 aromatic carbocycles. The van der Waals surface area contributed by atoms with Crippen LogP contribution in [0.1, 0.15) is 12.8 Å². The normalized spacial score (nSPS) is 17.2. The average molecular weight is 304 g/mol. The molecule has 0 spiro atoms.